The smallest absolute Gasteiger partial charge is 0.259 e. The Hall–Kier alpha value is -1.45. The molecule has 0 saturated heterocycles. The zero-order valence-electron chi connectivity index (χ0n) is 7.30. The number of alkyl halides is 2. The standard InChI is InChI=1S/C10H8F2N2/c11-10(12)5-6(10)9-13-7-3-1-2-4-8(7)14-9/h1-4,6H,5H2,(H,13,14)/t6-/m1/s1. The zero-order chi connectivity index (χ0) is 9.76. The van der Waals surface area contributed by atoms with Crippen LogP contribution >= 0.6 is 0 Å². The predicted molar refractivity (Wildman–Crippen MR) is 48.4 cm³/mol. The number of nitrogens with one attached hydrogen (secondary N) is 1. The maximum atomic E-state index is 12.8. The van der Waals surface area contributed by atoms with Crippen molar-refractivity contribution in [2.75, 3.05) is 0 Å². The molecule has 0 aliphatic heterocycles. The number of aromatic amines is 1. The van der Waals surface area contributed by atoms with Gasteiger partial charge in [-0.05, 0) is 12.1 Å². The van der Waals surface area contributed by atoms with Crippen LogP contribution in [0.4, 0.5) is 8.78 Å². The fourth-order valence-electron chi connectivity index (χ4n) is 1.65. The molecular weight excluding hydrogens is 186 g/mol. The van der Waals surface area contributed by atoms with Crippen molar-refractivity contribution in [1.82, 2.24) is 9.97 Å². The van der Waals surface area contributed by atoms with E-state index in [0.717, 1.165) is 11.0 Å². The molecular formula is C10H8F2N2. The monoisotopic (exact) mass is 194 g/mol. The first-order valence-electron chi connectivity index (χ1n) is 4.49. The highest BCUT2D eigenvalue weighted by molar-refractivity contribution is 5.75. The van der Waals surface area contributed by atoms with E-state index in [0.29, 0.717) is 5.82 Å². The summed E-state index contributed by atoms with van der Waals surface area (Å²) in [5.74, 6) is -2.83. The highest BCUT2D eigenvalue weighted by Gasteiger charge is 2.59. The van der Waals surface area contributed by atoms with Crippen LogP contribution in [0.25, 0.3) is 11.0 Å². The van der Waals surface area contributed by atoms with Crippen LogP contribution in [0.5, 0.6) is 0 Å². The third-order valence-corrected chi connectivity index (χ3v) is 2.56. The van der Waals surface area contributed by atoms with Crippen LogP contribution in [0, 0.1) is 0 Å². The Morgan fingerprint density at radius 2 is 2.07 bits per heavy atom. The summed E-state index contributed by atoms with van der Waals surface area (Å²) in [7, 11) is 0. The second-order valence-corrected chi connectivity index (χ2v) is 3.66. The number of aromatic nitrogens is 2. The highest BCUT2D eigenvalue weighted by Crippen LogP contribution is 2.54. The van der Waals surface area contributed by atoms with Gasteiger partial charge in [-0.2, -0.15) is 0 Å². The Labute approximate surface area is 79.0 Å². The summed E-state index contributed by atoms with van der Waals surface area (Å²) in [6.45, 7) is 0. The van der Waals surface area contributed by atoms with Gasteiger partial charge in [0.25, 0.3) is 5.92 Å². The molecule has 0 radical (unpaired) electrons. The van der Waals surface area contributed by atoms with Gasteiger partial charge in [0, 0.05) is 6.42 Å². The van der Waals surface area contributed by atoms with Crippen LogP contribution in [0.2, 0.25) is 0 Å². The molecule has 1 aliphatic carbocycles. The maximum Gasteiger partial charge on any atom is 0.259 e. The molecule has 14 heavy (non-hydrogen) atoms. The third kappa shape index (κ3) is 1.03. The molecule has 3 rings (SSSR count). The zero-order valence-corrected chi connectivity index (χ0v) is 7.30. The van der Waals surface area contributed by atoms with Crippen molar-refractivity contribution < 1.29 is 8.78 Å². The average molecular weight is 194 g/mol. The largest absolute Gasteiger partial charge is 0.342 e. The summed E-state index contributed by atoms with van der Waals surface area (Å²) in [4.78, 5) is 7.06. The van der Waals surface area contributed by atoms with E-state index in [1.807, 2.05) is 24.3 Å². The number of para-hydroxylation sites is 2. The summed E-state index contributed by atoms with van der Waals surface area (Å²) in [6.07, 6.45) is -0.0766. The van der Waals surface area contributed by atoms with Gasteiger partial charge in [-0.15, -0.1) is 0 Å². The lowest BCUT2D eigenvalue weighted by Gasteiger charge is -1.90. The first-order chi connectivity index (χ1) is 6.67. The number of benzene rings is 1. The van der Waals surface area contributed by atoms with Crippen LogP contribution in [-0.4, -0.2) is 15.9 Å². The van der Waals surface area contributed by atoms with Gasteiger partial charge >= 0.3 is 0 Å². The van der Waals surface area contributed by atoms with E-state index in [2.05, 4.69) is 9.97 Å². The van der Waals surface area contributed by atoms with E-state index in [1.54, 1.807) is 0 Å². The van der Waals surface area contributed by atoms with Crippen molar-refractivity contribution >= 4 is 11.0 Å². The van der Waals surface area contributed by atoms with Crippen molar-refractivity contribution in [1.29, 1.82) is 0 Å². The summed E-state index contributed by atoms with van der Waals surface area (Å²) < 4.78 is 25.5. The molecule has 1 fully saturated rings. The van der Waals surface area contributed by atoms with Crippen molar-refractivity contribution in [2.24, 2.45) is 0 Å². The fraction of sp³-hybridized carbons (Fsp3) is 0.300. The molecule has 0 bridgehead atoms. The van der Waals surface area contributed by atoms with Gasteiger partial charge in [0.1, 0.15) is 5.82 Å². The van der Waals surface area contributed by atoms with E-state index >= 15 is 0 Å². The van der Waals surface area contributed by atoms with Crippen LogP contribution < -0.4 is 0 Å². The Balaban J connectivity index is 2.08. The quantitative estimate of drug-likeness (QED) is 0.742. The van der Waals surface area contributed by atoms with Gasteiger partial charge in [0.15, 0.2) is 0 Å². The second-order valence-electron chi connectivity index (χ2n) is 3.66. The Morgan fingerprint density at radius 1 is 1.36 bits per heavy atom. The molecule has 1 aromatic carbocycles. The summed E-state index contributed by atoms with van der Waals surface area (Å²) in [5, 5.41) is 0. The topological polar surface area (TPSA) is 28.7 Å². The number of fused-ring (bicyclic) bond motifs is 1. The number of halogens is 2. The first kappa shape index (κ1) is 7.91. The van der Waals surface area contributed by atoms with Crippen LogP contribution in [-0.2, 0) is 0 Å². The molecule has 1 aromatic heterocycles. The molecule has 1 saturated carbocycles. The van der Waals surface area contributed by atoms with Crippen molar-refractivity contribution in [3.8, 4) is 0 Å². The number of hydrogen-bond donors (Lipinski definition) is 1. The van der Waals surface area contributed by atoms with E-state index in [4.69, 9.17) is 0 Å². The molecule has 1 atom stereocenters. The normalized spacial score (nSPS) is 24.0. The number of imidazole rings is 1. The predicted octanol–water partition coefficient (Wildman–Crippen LogP) is 2.69. The van der Waals surface area contributed by atoms with E-state index in [1.165, 1.54) is 0 Å². The molecule has 0 unspecified atom stereocenters. The Bertz CT molecular complexity index is 457. The molecule has 4 heteroatoms. The molecule has 1 N–H and O–H groups in total. The van der Waals surface area contributed by atoms with Gasteiger partial charge in [-0.25, -0.2) is 13.8 Å². The highest BCUT2D eigenvalue weighted by atomic mass is 19.3. The minimum absolute atomic E-state index is 0.0766. The van der Waals surface area contributed by atoms with Gasteiger partial charge in [-0.3, -0.25) is 0 Å². The Morgan fingerprint density at radius 3 is 2.71 bits per heavy atom. The van der Waals surface area contributed by atoms with Gasteiger partial charge in [0.2, 0.25) is 0 Å². The van der Waals surface area contributed by atoms with Crippen LogP contribution in [0.3, 0.4) is 0 Å². The SMILES string of the molecule is FC1(F)C[C@@H]1c1nc2ccccc2[nH]1. The van der Waals surface area contributed by atoms with E-state index < -0.39 is 11.8 Å². The third-order valence-electron chi connectivity index (χ3n) is 2.56. The summed E-state index contributed by atoms with van der Waals surface area (Å²) >= 11 is 0. The molecule has 0 amide bonds. The summed E-state index contributed by atoms with van der Waals surface area (Å²) in [6, 6.07) is 7.36. The molecule has 72 valence electrons. The number of hydrogen-bond acceptors (Lipinski definition) is 1. The summed E-state index contributed by atoms with van der Waals surface area (Å²) in [5.41, 5.74) is 1.58. The van der Waals surface area contributed by atoms with Crippen molar-refractivity contribution in [3.05, 3.63) is 30.1 Å². The molecule has 2 nitrogen and oxygen atoms in total. The molecule has 2 aromatic rings. The van der Waals surface area contributed by atoms with Crippen LogP contribution in [0.15, 0.2) is 24.3 Å². The van der Waals surface area contributed by atoms with Gasteiger partial charge < -0.3 is 4.98 Å². The number of H-pyrrole nitrogens is 1. The lowest BCUT2D eigenvalue weighted by atomic mass is 10.3. The van der Waals surface area contributed by atoms with Gasteiger partial charge in [-0.1, -0.05) is 12.1 Å². The van der Waals surface area contributed by atoms with Crippen LogP contribution in [0.1, 0.15) is 18.2 Å². The molecule has 1 heterocycles. The fourth-order valence-corrected chi connectivity index (χ4v) is 1.65. The van der Waals surface area contributed by atoms with Crippen molar-refractivity contribution in [2.45, 2.75) is 18.3 Å². The van der Waals surface area contributed by atoms with E-state index in [9.17, 15) is 8.78 Å². The lowest BCUT2D eigenvalue weighted by molar-refractivity contribution is 0.111. The van der Waals surface area contributed by atoms with E-state index in [-0.39, 0.29) is 6.42 Å². The van der Waals surface area contributed by atoms with Crippen molar-refractivity contribution in [3.63, 3.8) is 0 Å². The second kappa shape index (κ2) is 2.32. The minimum Gasteiger partial charge on any atom is -0.342 e. The van der Waals surface area contributed by atoms with Gasteiger partial charge in [0.05, 0.1) is 17.0 Å². The average Bonchev–Trinajstić information content (AvgIpc) is 2.62. The number of nitrogens with zero attached hydrogens (tertiary/aromatic N) is 1. The molecule has 1 aliphatic rings. The maximum absolute atomic E-state index is 12.8. The molecule has 0 spiro atoms. The number of rotatable bonds is 1. The lowest BCUT2D eigenvalue weighted by Crippen LogP contribution is -1.94. The minimum atomic E-state index is -2.55. The first-order valence-corrected chi connectivity index (χ1v) is 4.49. The Kier molecular flexibility index (Phi) is 1.31.